The molecule has 1 atom stereocenters. The van der Waals surface area contributed by atoms with Crippen molar-refractivity contribution < 1.29 is 23.9 Å². The van der Waals surface area contributed by atoms with Gasteiger partial charge in [0.1, 0.15) is 11.8 Å². The van der Waals surface area contributed by atoms with Crippen LogP contribution in [0.25, 0.3) is 0 Å². The van der Waals surface area contributed by atoms with Gasteiger partial charge < -0.3 is 25.0 Å². The molecule has 8 nitrogen and oxygen atoms in total. The van der Waals surface area contributed by atoms with E-state index in [4.69, 9.17) is 9.47 Å². The van der Waals surface area contributed by atoms with Gasteiger partial charge in [0, 0.05) is 24.8 Å². The third kappa shape index (κ3) is 8.77. The Morgan fingerprint density at radius 3 is 2.72 bits per heavy atom. The molecule has 2 rings (SSSR count). The van der Waals surface area contributed by atoms with Crippen molar-refractivity contribution in [1.29, 1.82) is 0 Å². The van der Waals surface area contributed by atoms with Gasteiger partial charge in [-0.05, 0) is 25.0 Å². The number of carbonyl (C=O) groups is 3. The number of amides is 2. The molecule has 0 aromatic heterocycles. The lowest BCUT2D eigenvalue weighted by Crippen LogP contribution is -2.58. The molecule has 8 heteroatoms. The Morgan fingerprint density at radius 1 is 1.12 bits per heavy atom. The van der Waals surface area contributed by atoms with Crippen LogP contribution in [0.4, 0.5) is 5.69 Å². The van der Waals surface area contributed by atoms with Gasteiger partial charge in [0.2, 0.25) is 11.8 Å². The zero-order valence-electron chi connectivity index (χ0n) is 19.4. The second-order valence-electron chi connectivity index (χ2n) is 7.96. The number of hydrogen-bond acceptors (Lipinski definition) is 6. The molecule has 1 unspecified atom stereocenters. The van der Waals surface area contributed by atoms with Crippen molar-refractivity contribution in [3.05, 3.63) is 24.3 Å². The van der Waals surface area contributed by atoms with Gasteiger partial charge in [-0.3, -0.25) is 14.4 Å². The van der Waals surface area contributed by atoms with Gasteiger partial charge in [-0.2, -0.15) is 0 Å². The quantitative estimate of drug-likeness (QED) is 0.336. The molecule has 0 aliphatic carbocycles. The third-order valence-electron chi connectivity index (χ3n) is 5.27. The lowest BCUT2D eigenvalue weighted by atomic mass is 10.1. The number of benzene rings is 1. The second kappa shape index (κ2) is 14.3. The van der Waals surface area contributed by atoms with E-state index in [-0.39, 0.29) is 24.8 Å². The van der Waals surface area contributed by atoms with E-state index in [1.165, 1.54) is 24.2 Å². The van der Waals surface area contributed by atoms with E-state index in [9.17, 15) is 14.4 Å². The predicted octanol–water partition coefficient (Wildman–Crippen LogP) is 3.12. The van der Waals surface area contributed by atoms with Gasteiger partial charge in [-0.15, -0.1) is 0 Å². The number of piperazine rings is 1. The summed E-state index contributed by atoms with van der Waals surface area (Å²) >= 11 is 0. The average Bonchev–Trinajstić information content (AvgIpc) is 2.80. The maximum atomic E-state index is 12.8. The zero-order chi connectivity index (χ0) is 23.2. The van der Waals surface area contributed by atoms with Gasteiger partial charge in [0.25, 0.3) is 0 Å². The molecule has 32 heavy (non-hydrogen) atoms. The maximum Gasteiger partial charge on any atom is 0.308 e. The Balaban J connectivity index is 1.84. The van der Waals surface area contributed by atoms with E-state index in [0.29, 0.717) is 32.7 Å². The molecule has 1 aromatic rings. The number of nitrogens with zero attached hydrogens (tertiary/aromatic N) is 1. The van der Waals surface area contributed by atoms with Crippen LogP contribution in [0.2, 0.25) is 0 Å². The molecule has 2 amide bonds. The molecule has 178 valence electrons. The van der Waals surface area contributed by atoms with Crippen molar-refractivity contribution in [3.63, 3.8) is 0 Å². The fraction of sp³-hybridized carbons (Fsp3) is 0.625. The van der Waals surface area contributed by atoms with E-state index < -0.39 is 12.0 Å². The average molecular weight is 448 g/mol. The van der Waals surface area contributed by atoms with Crippen LogP contribution < -0.4 is 15.4 Å². The number of rotatable bonds is 14. The molecule has 1 fully saturated rings. The highest BCUT2D eigenvalue weighted by Crippen LogP contribution is 2.18. The molecule has 1 aliphatic rings. The summed E-state index contributed by atoms with van der Waals surface area (Å²) in [6.07, 6.45) is 6.46. The third-order valence-corrected chi connectivity index (χ3v) is 5.27. The summed E-state index contributed by atoms with van der Waals surface area (Å²) in [6.45, 7) is 5.82. The lowest BCUT2D eigenvalue weighted by Gasteiger charge is -2.34. The molecular weight excluding hydrogens is 410 g/mol. The van der Waals surface area contributed by atoms with Crippen LogP contribution in [-0.4, -0.2) is 61.6 Å². The maximum absolute atomic E-state index is 12.8. The summed E-state index contributed by atoms with van der Waals surface area (Å²) in [6, 6.07) is 6.66. The first-order chi connectivity index (χ1) is 15.5. The van der Waals surface area contributed by atoms with Gasteiger partial charge >= 0.3 is 5.97 Å². The molecule has 1 aromatic carbocycles. The van der Waals surface area contributed by atoms with E-state index in [1.54, 1.807) is 0 Å². The van der Waals surface area contributed by atoms with Crippen molar-refractivity contribution in [2.75, 3.05) is 38.2 Å². The Morgan fingerprint density at radius 2 is 1.94 bits per heavy atom. The lowest BCUT2D eigenvalue weighted by molar-refractivity contribution is -0.151. The van der Waals surface area contributed by atoms with Gasteiger partial charge in [-0.25, -0.2) is 0 Å². The largest absolute Gasteiger partial charge is 0.494 e. The molecule has 0 saturated carbocycles. The molecule has 0 radical (unpaired) electrons. The minimum Gasteiger partial charge on any atom is -0.494 e. The van der Waals surface area contributed by atoms with E-state index in [1.807, 2.05) is 31.2 Å². The summed E-state index contributed by atoms with van der Waals surface area (Å²) in [4.78, 5) is 38.5. The first kappa shape index (κ1) is 25.5. The standard InChI is InChI=1S/C24H37N3O5/c1-3-5-6-7-8-15-31-20-11-9-10-19(16-20)26-18-22(28)27-13-12-25-24(30)21(27)17-23(29)32-14-4-2/h9-11,16,21,26H,3-8,12-15,17-18H2,1-2H3,(H,25,30). The summed E-state index contributed by atoms with van der Waals surface area (Å²) < 4.78 is 10.9. The van der Waals surface area contributed by atoms with Crippen molar-refractivity contribution in [2.45, 2.75) is 64.8 Å². The first-order valence-electron chi connectivity index (χ1n) is 11.7. The Hall–Kier alpha value is -2.77. The number of nitrogens with one attached hydrogen (secondary N) is 2. The van der Waals surface area contributed by atoms with Crippen LogP contribution in [-0.2, 0) is 19.1 Å². The molecule has 1 saturated heterocycles. The van der Waals surface area contributed by atoms with Crippen molar-refractivity contribution in [3.8, 4) is 5.75 Å². The van der Waals surface area contributed by atoms with Crippen LogP contribution >= 0.6 is 0 Å². The molecule has 1 aliphatic heterocycles. The number of carbonyl (C=O) groups excluding carboxylic acids is 3. The van der Waals surface area contributed by atoms with Gasteiger partial charge in [0.05, 0.1) is 26.2 Å². The van der Waals surface area contributed by atoms with E-state index >= 15 is 0 Å². The Bertz CT molecular complexity index is 740. The summed E-state index contributed by atoms with van der Waals surface area (Å²) in [5.74, 6) is -0.284. The van der Waals surface area contributed by atoms with Crippen LogP contribution in [0.15, 0.2) is 24.3 Å². The summed E-state index contributed by atoms with van der Waals surface area (Å²) in [5, 5.41) is 5.82. The number of hydrogen-bond donors (Lipinski definition) is 2. The predicted molar refractivity (Wildman–Crippen MR) is 124 cm³/mol. The highest BCUT2D eigenvalue weighted by molar-refractivity contribution is 5.93. The van der Waals surface area contributed by atoms with Crippen LogP contribution in [0, 0.1) is 0 Å². The molecule has 1 heterocycles. The minimum atomic E-state index is -0.843. The second-order valence-corrected chi connectivity index (χ2v) is 7.96. The fourth-order valence-electron chi connectivity index (χ4n) is 3.52. The SMILES string of the molecule is CCCCCCCOc1cccc(NCC(=O)N2CCNC(=O)C2CC(=O)OCCC)c1. The fourth-order valence-corrected chi connectivity index (χ4v) is 3.52. The Kier molecular flexibility index (Phi) is 11.4. The molecule has 0 spiro atoms. The number of esters is 1. The summed E-state index contributed by atoms with van der Waals surface area (Å²) in [7, 11) is 0. The van der Waals surface area contributed by atoms with Gasteiger partial charge in [-0.1, -0.05) is 45.6 Å². The summed E-state index contributed by atoms with van der Waals surface area (Å²) in [5.41, 5.74) is 0.766. The van der Waals surface area contributed by atoms with Gasteiger partial charge in [0.15, 0.2) is 0 Å². The number of anilines is 1. The first-order valence-corrected chi connectivity index (χ1v) is 11.7. The molecular formula is C24H37N3O5. The minimum absolute atomic E-state index is 0.0221. The monoisotopic (exact) mass is 447 g/mol. The normalized spacial score (nSPS) is 15.8. The topological polar surface area (TPSA) is 97.0 Å². The van der Waals surface area contributed by atoms with Crippen molar-refractivity contribution in [2.24, 2.45) is 0 Å². The van der Waals surface area contributed by atoms with E-state index in [0.717, 1.165) is 24.3 Å². The molecule has 0 bridgehead atoms. The van der Waals surface area contributed by atoms with Crippen molar-refractivity contribution in [1.82, 2.24) is 10.2 Å². The van der Waals surface area contributed by atoms with Crippen LogP contribution in [0.3, 0.4) is 0 Å². The van der Waals surface area contributed by atoms with E-state index in [2.05, 4.69) is 17.6 Å². The number of ether oxygens (including phenoxy) is 2. The molecule has 2 N–H and O–H groups in total. The van der Waals surface area contributed by atoms with Crippen LogP contribution in [0.5, 0.6) is 5.75 Å². The zero-order valence-corrected chi connectivity index (χ0v) is 19.4. The van der Waals surface area contributed by atoms with Crippen LogP contribution in [0.1, 0.15) is 58.8 Å². The number of unbranched alkanes of at least 4 members (excludes halogenated alkanes) is 4. The smallest absolute Gasteiger partial charge is 0.308 e. The van der Waals surface area contributed by atoms with Crippen molar-refractivity contribution >= 4 is 23.5 Å². The Labute approximate surface area is 191 Å². The highest BCUT2D eigenvalue weighted by atomic mass is 16.5. The highest BCUT2D eigenvalue weighted by Gasteiger charge is 2.34.